The summed E-state index contributed by atoms with van der Waals surface area (Å²) in [5.74, 6) is 0.221. The number of rotatable bonds is 1. The molecule has 0 saturated heterocycles. The molecule has 3 N–H and O–H groups in total. The largest absolute Gasteiger partial charge is 0.508 e. The van der Waals surface area contributed by atoms with Crippen LogP contribution < -0.4 is 0 Å². The number of phenols is 3. The second-order valence-electron chi connectivity index (χ2n) is 6.25. The second kappa shape index (κ2) is 4.89. The molecule has 5 heteroatoms. The average molecular weight is 344 g/mol. The van der Waals surface area contributed by atoms with Gasteiger partial charge in [0.2, 0.25) is 0 Å². The second-order valence-corrected chi connectivity index (χ2v) is 6.25. The van der Waals surface area contributed by atoms with Crippen molar-refractivity contribution in [3.8, 4) is 39.7 Å². The summed E-state index contributed by atoms with van der Waals surface area (Å²) in [7, 11) is 0. The highest BCUT2D eigenvalue weighted by Gasteiger charge is 2.33. The van der Waals surface area contributed by atoms with Gasteiger partial charge in [-0.1, -0.05) is 12.1 Å². The van der Waals surface area contributed by atoms with Crippen LogP contribution in [0.5, 0.6) is 17.2 Å². The number of fused-ring (bicyclic) bond motifs is 2. The molecule has 0 amide bonds. The van der Waals surface area contributed by atoms with E-state index in [1.54, 1.807) is 24.3 Å². The standard InChI is InChI=1S/C21H12O5/c22-11-6-4-10(5-7-11)21-19-17-13(2-1-3-15(17)24)20(25)14-8-12(23)9-16(26-21)18(14)19/h1-9,22-24H. The van der Waals surface area contributed by atoms with E-state index in [0.717, 1.165) is 0 Å². The van der Waals surface area contributed by atoms with Gasteiger partial charge in [-0.2, -0.15) is 0 Å². The summed E-state index contributed by atoms with van der Waals surface area (Å²) < 4.78 is 5.97. The zero-order valence-electron chi connectivity index (χ0n) is 13.4. The maximum atomic E-state index is 12.9. The van der Waals surface area contributed by atoms with E-state index < -0.39 is 0 Å². The van der Waals surface area contributed by atoms with E-state index in [2.05, 4.69) is 0 Å². The highest BCUT2D eigenvalue weighted by molar-refractivity contribution is 6.28. The number of hydrogen-bond acceptors (Lipinski definition) is 5. The summed E-state index contributed by atoms with van der Waals surface area (Å²) in [6.45, 7) is 0. The third-order valence-corrected chi connectivity index (χ3v) is 4.69. The predicted octanol–water partition coefficient (Wildman–Crippen LogP) is 4.43. The van der Waals surface area contributed by atoms with E-state index in [0.29, 0.717) is 44.5 Å². The molecule has 1 aliphatic rings. The van der Waals surface area contributed by atoms with Crippen molar-refractivity contribution >= 4 is 16.8 Å². The predicted molar refractivity (Wildman–Crippen MR) is 95.5 cm³/mol. The molecule has 1 heterocycles. The minimum atomic E-state index is -0.276. The number of carbonyl (C=O) groups is 1. The molecule has 5 rings (SSSR count). The smallest absolute Gasteiger partial charge is 0.194 e. The van der Waals surface area contributed by atoms with Gasteiger partial charge in [-0.25, -0.2) is 0 Å². The summed E-state index contributed by atoms with van der Waals surface area (Å²) in [5.41, 5.74) is 2.75. The van der Waals surface area contributed by atoms with Gasteiger partial charge >= 0.3 is 0 Å². The van der Waals surface area contributed by atoms with E-state index in [4.69, 9.17) is 4.42 Å². The van der Waals surface area contributed by atoms with Crippen molar-refractivity contribution in [2.75, 3.05) is 0 Å². The Bertz CT molecular complexity index is 1220. The summed E-state index contributed by atoms with van der Waals surface area (Å²) in [6.07, 6.45) is 0. The molecule has 26 heavy (non-hydrogen) atoms. The van der Waals surface area contributed by atoms with Crippen molar-refractivity contribution in [1.29, 1.82) is 0 Å². The molecule has 0 bridgehead atoms. The molecule has 0 saturated carbocycles. The highest BCUT2D eigenvalue weighted by Crippen LogP contribution is 2.50. The summed E-state index contributed by atoms with van der Waals surface area (Å²) in [5, 5.41) is 30.6. The third-order valence-electron chi connectivity index (χ3n) is 4.69. The van der Waals surface area contributed by atoms with Crippen molar-refractivity contribution < 1.29 is 24.5 Å². The van der Waals surface area contributed by atoms with Crippen molar-refractivity contribution in [2.45, 2.75) is 0 Å². The van der Waals surface area contributed by atoms with E-state index in [-0.39, 0.29) is 23.0 Å². The van der Waals surface area contributed by atoms with Gasteiger partial charge in [0.05, 0.1) is 0 Å². The Labute approximate surface area is 147 Å². The van der Waals surface area contributed by atoms with Crippen LogP contribution in [0.25, 0.3) is 33.4 Å². The van der Waals surface area contributed by atoms with Gasteiger partial charge in [0.25, 0.3) is 0 Å². The number of phenolic OH excluding ortho intramolecular Hbond substituents is 3. The molecule has 0 atom stereocenters. The molecule has 1 aromatic heterocycles. The van der Waals surface area contributed by atoms with Crippen LogP contribution in [0.15, 0.2) is 59.0 Å². The topological polar surface area (TPSA) is 90.9 Å². The fourth-order valence-electron chi connectivity index (χ4n) is 3.58. The number of hydrogen-bond donors (Lipinski definition) is 3. The van der Waals surface area contributed by atoms with E-state index >= 15 is 0 Å². The van der Waals surface area contributed by atoms with Gasteiger partial charge < -0.3 is 19.7 Å². The molecule has 0 spiro atoms. The first-order valence-corrected chi connectivity index (χ1v) is 8.00. The van der Waals surface area contributed by atoms with Crippen LogP contribution in [0.1, 0.15) is 15.9 Å². The molecular formula is C21H12O5. The van der Waals surface area contributed by atoms with Crippen LogP contribution >= 0.6 is 0 Å². The van der Waals surface area contributed by atoms with E-state index in [1.165, 1.54) is 30.3 Å². The number of benzene rings is 3. The monoisotopic (exact) mass is 344 g/mol. The fraction of sp³-hybridized carbons (Fsp3) is 0. The lowest BCUT2D eigenvalue weighted by Gasteiger charge is -2.17. The SMILES string of the molecule is O=C1c2cccc(O)c2-c2c(-c3ccc(O)cc3)oc3cc(O)cc1c23. The molecule has 0 aliphatic heterocycles. The summed E-state index contributed by atoms with van der Waals surface area (Å²) in [6, 6.07) is 14.1. The fourth-order valence-corrected chi connectivity index (χ4v) is 3.58. The Kier molecular flexibility index (Phi) is 2.75. The Morgan fingerprint density at radius 3 is 2.31 bits per heavy atom. The first-order chi connectivity index (χ1) is 12.5. The van der Waals surface area contributed by atoms with Crippen molar-refractivity contribution in [3.63, 3.8) is 0 Å². The van der Waals surface area contributed by atoms with Gasteiger partial charge in [-0.05, 0) is 36.4 Å². The first-order valence-electron chi connectivity index (χ1n) is 8.00. The van der Waals surface area contributed by atoms with Crippen molar-refractivity contribution in [3.05, 3.63) is 65.7 Å². The Morgan fingerprint density at radius 2 is 1.54 bits per heavy atom. The maximum absolute atomic E-state index is 12.9. The molecule has 0 unspecified atom stereocenters. The van der Waals surface area contributed by atoms with Crippen LogP contribution in [0.4, 0.5) is 0 Å². The Hall–Kier alpha value is -3.73. The zero-order chi connectivity index (χ0) is 18.0. The summed E-state index contributed by atoms with van der Waals surface area (Å²) >= 11 is 0. The number of carbonyl (C=O) groups excluding carboxylic acids is 1. The van der Waals surface area contributed by atoms with Crippen LogP contribution in [-0.4, -0.2) is 21.1 Å². The highest BCUT2D eigenvalue weighted by atomic mass is 16.3. The summed E-state index contributed by atoms with van der Waals surface area (Å²) in [4.78, 5) is 12.9. The minimum Gasteiger partial charge on any atom is -0.508 e. The molecule has 0 radical (unpaired) electrons. The van der Waals surface area contributed by atoms with E-state index in [1.807, 2.05) is 0 Å². The Balaban J connectivity index is 1.98. The average Bonchev–Trinajstić information content (AvgIpc) is 2.99. The van der Waals surface area contributed by atoms with Gasteiger partial charge in [-0.3, -0.25) is 4.79 Å². The van der Waals surface area contributed by atoms with Crippen LogP contribution in [0, 0.1) is 0 Å². The molecule has 126 valence electrons. The third kappa shape index (κ3) is 1.82. The molecule has 3 aromatic carbocycles. The Morgan fingerprint density at radius 1 is 0.769 bits per heavy atom. The lowest BCUT2D eigenvalue weighted by atomic mass is 9.83. The molecule has 5 nitrogen and oxygen atoms in total. The number of aromatic hydroxyl groups is 3. The quantitative estimate of drug-likeness (QED) is 0.418. The molecule has 0 fully saturated rings. The lowest BCUT2D eigenvalue weighted by molar-refractivity contribution is 0.103. The van der Waals surface area contributed by atoms with Gasteiger partial charge in [-0.15, -0.1) is 0 Å². The van der Waals surface area contributed by atoms with E-state index in [9.17, 15) is 20.1 Å². The zero-order valence-corrected chi connectivity index (χ0v) is 13.4. The lowest BCUT2D eigenvalue weighted by Crippen LogP contribution is -2.09. The number of ketones is 1. The van der Waals surface area contributed by atoms with Crippen LogP contribution in [0.2, 0.25) is 0 Å². The van der Waals surface area contributed by atoms with Crippen molar-refractivity contribution in [2.24, 2.45) is 0 Å². The normalized spacial score (nSPS) is 12.4. The van der Waals surface area contributed by atoms with Crippen LogP contribution in [0.3, 0.4) is 0 Å². The van der Waals surface area contributed by atoms with Gasteiger partial charge in [0.15, 0.2) is 5.78 Å². The molecule has 1 aliphatic carbocycles. The van der Waals surface area contributed by atoms with Gasteiger partial charge in [0.1, 0.15) is 28.6 Å². The number of furan rings is 1. The maximum Gasteiger partial charge on any atom is 0.194 e. The van der Waals surface area contributed by atoms with Crippen LogP contribution in [-0.2, 0) is 0 Å². The van der Waals surface area contributed by atoms with Gasteiger partial charge in [0, 0.05) is 39.3 Å². The first kappa shape index (κ1) is 14.6. The molecular weight excluding hydrogens is 332 g/mol. The minimum absolute atomic E-state index is 0.0164. The van der Waals surface area contributed by atoms with Crippen molar-refractivity contribution in [1.82, 2.24) is 0 Å². The molecule has 4 aromatic rings.